The minimum Gasteiger partial charge on any atom is -0.484 e. The van der Waals surface area contributed by atoms with Crippen molar-refractivity contribution in [1.82, 2.24) is 14.7 Å². The zero-order valence-electron chi connectivity index (χ0n) is 17.8. The van der Waals surface area contributed by atoms with Crippen LogP contribution in [0.4, 0.5) is 19.0 Å². The summed E-state index contributed by atoms with van der Waals surface area (Å²) in [5.41, 5.74) is 12.6. The second-order valence-electron chi connectivity index (χ2n) is 8.62. The van der Waals surface area contributed by atoms with Crippen molar-refractivity contribution in [3.63, 3.8) is 0 Å². The summed E-state index contributed by atoms with van der Waals surface area (Å²) in [5, 5.41) is 4.54. The van der Waals surface area contributed by atoms with Crippen LogP contribution in [0.2, 0.25) is 0 Å². The van der Waals surface area contributed by atoms with Crippen LogP contribution >= 0.6 is 0 Å². The van der Waals surface area contributed by atoms with Gasteiger partial charge in [-0.05, 0) is 55.0 Å². The second-order valence-corrected chi connectivity index (χ2v) is 8.62. The Morgan fingerprint density at radius 1 is 1.27 bits per heavy atom. The number of nitrogens with two attached hydrogens (primary N) is 2. The van der Waals surface area contributed by atoms with E-state index in [0.29, 0.717) is 18.7 Å². The van der Waals surface area contributed by atoms with Crippen LogP contribution in [0.1, 0.15) is 35.7 Å². The minimum atomic E-state index is -4.44. The molecule has 2 aromatic rings. The van der Waals surface area contributed by atoms with Gasteiger partial charge in [-0.2, -0.15) is 18.3 Å². The van der Waals surface area contributed by atoms with Gasteiger partial charge in [-0.25, -0.2) is 4.68 Å². The Hall–Kier alpha value is -3.50. The standard InChI is InChI=1S/C22H24F3N5O3/c1-2-16(31)29-8-7-21(11-29)9-14(10-21)30-19(26)17(20(27)32)18(28-30)13-3-5-15(6-4-13)33-12-22(23,24)25/h2-6,14H,1,7-12,26H2,(H2,27,32)/t14-,21-. The van der Waals surface area contributed by atoms with E-state index < -0.39 is 18.7 Å². The molecular weight excluding hydrogens is 439 g/mol. The van der Waals surface area contributed by atoms with E-state index in [-0.39, 0.29) is 40.2 Å². The molecule has 1 aromatic heterocycles. The van der Waals surface area contributed by atoms with Crippen LogP contribution in [0, 0.1) is 5.41 Å². The van der Waals surface area contributed by atoms with E-state index >= 15 is 0 Å². The number of anilines is 1. The van der Waals surface area contributed by atoms with Crippen molar-refractivity contribution in [2.45, 2.75) is 31.5 Å². The molecule has 8 nitrogen and oxygen atoms in total. The molecule has 1 aliphatic heterocycles. The summed E-state index contributed by atoms with van der Waals surface area (Å²) in [6.45, 7) is 3.45. The van der Waals surface area contributed by atoms with Crippen molar-refractivity contribution in [1.29, 1.82) is 0 Å². The van der Waals surface area contributed by atoms with Crippen LogP contribution in [0.25, 0.3) is 11.3 Å². The Labute approximate surface area is 188 Å². The van der Waals surface area contributed by atoms with Gasteiger partial charge in [0.2, 0.25) is 5.91 Å². The monoisotopic (exact) mass is 463 g/mol. The molecule has 1 aromatic carbocycles. The Morgan fingerprint density at radius 3 is 2.52 bits per heavy atom. The highest BCUT2D eigenvalue weighted by molar-refractivity contribution is 6.03. The smallest absolute Gasteiger partial charge is 0.422 e. The third-order valence-electron chi connectivity index (χ3n) is 6.33. The number of alkyl halides is 3. The van der Waals surface area contributed by atoms with Gasteiger partial charge < -0.3 is 21.1 Å². The molecule has 176 valence electrons. The summed E-state index contributed by atoms with van der Waals surface area (Å²) < 4.78 is 43.4. The van der Waals surface area contributed by atoms with E-state index in [1.165, 1.54) is 30.3 Å². The molecule has 2 amide bonds. The lowest BCUT2D eigenvalue weighted by Gasteiger charge is -2.45. The maximum Gasteiger partial charge on any atom is 0.422 e. The second kappa shape index (κ2) is 8.13. The number of hydrogen-bond acceptors (Lipinski definition) is 5. The molecule has 1 spiro atoms. The summed E-state index contributed by atoms with van der Waals surface area (Å²) in [7, 11) is 0. The lowest BCUT2D eigenvalue weighted by atomic mass is 9.65. The lowest BCUT2D eigenvalue weighted by molar-refractivity contribution is -0.153. The first-order valence-electron chi connectivity index (χ1n) is 10.4. The van der Waals surface area contributed by atoms with Gasteiger partial charge in [-0.1, -0.05) is 6.58 Å². The first-order valence-corrected chi connectivity index (χ1v) is 10.4. The van der Waals surface area contributed by atoms with E-state index in [4.69, 9.17) is 16.2 Å². The molecule has 1 saturated carbocycles. The van der Waals surface area contributed by atoms with Gasteiger partial charge in [0.05, 0.1) is 6.04 Å². The van der Waals surface area contributed by atoms with Crippen LogP contribution < -0.4 is 16.2 Å². The highest BCUT2D eigenvalue weighted by Gasteiger charge is 2.50. The minimum absolute atomic E-state index is 0.00769. The maximum absolute atomic E-state index is 12.4. The highest BCUT2D eigenvalue weighted by atomic mass is 19.4. The lowest BCUT2D eigenvalue weighted by Crippen LogP contribution is -2.42. The first kappa shape index (κ1) is 22.7. The molecule has 0 radical (unpaired) electrons. The summed E-state index contributed by atoms with van der Waals surface area (Å²) in [5.74, 6) is -0.657. The number of rotatable bonds is 6. The maximum atomic E-state index is 12.4. The van der Waals surface area contributed by atoms with Crippen molar-refractivity contribution >= 4 is 17.6 Å². The highest BCUT2D eigenvalue weighted by Crippen LogP contribution is 2.54. The van der Waals surface area contributed by atoms with Crippen molar-refractivity contribution in [3.05, 3.63) is 42.5 Å². The van der Waals surface area contributed by atoms with Crippen molar-refractivity contribution in [2.24, 2.45) is 11.1 Å². The number of nitrogen functional groups attached to an aromatic ring is 1. The van der Waals surface area contributed by atoms with E-state index in [9.17, 15) is 22.8 Å². The fourth-order valence-corrected chi connectivity index (χ4v) is 4.74. The molecule has 11 heteroatoms. The Kier molecular flexibility index (Phi) is 5.59. The number of amides is 2. The Bertz CT molecular complexity index is 1090. The summed E-state index contributed by atoms with van der Waals surface area (Å²) in [6.07, 6.45) is -0.755. The van der Waals surface area contributed by atoms with E-state index in [1.807, 2.05) is 0 Å². The summed E-state index contributed by atoms with van der Waals surface area (Å²) in [6, 6.07) is 5.68. The average Bonchev–Trinajstić information content (AvgIpc) is 3.32. The van der Waals surface area contributed by atoms with Gasteiger partial charge in [0, 0.05) is 18.7 Å². The van der Waals surface area contributed by atoms with Gasteiger partial charge in [0.25, 0.3) is 5.91 Å². The SMILES string of the molecule is C=CC(=O)N1CC[C@]2(C1)C[C@H](n1nc(-c3ccc(OCC(F)(F)F)cc3)c(C(N)=O)c1N)C2. The number of likely N-dealkylation sites (tertiary alicyclic amines) is 1. The zero-order chi connectivity index (χ0) is 24.0. The molecule has 2 fully saturated rings. The molecule has 0 bridgehead atoms. The number of aromatic nitrogens is 2. The molecule has 0 unspecified atom stereocenters. The molecule has 1 saturated heterocycles. The topological polar surface area (TPSA) is 116 Å². The van der Waals surface area contributed by atoms with Gasteiger partial charge in [-0.15, -0.1) is 0 Å². The average molecular weight is 463 g/mol. The van der Waals surface area contributed by atoms with E-state index in [2.05, 4.69) is 11.7 Å². The number of halogens is 3. The van der Waals surface area contributed by atoms with Crippen molar-refractivity contribution < 1.29 is 27.5 Å². The number of benzene rings is 1. The number of nitrogens with zero attached hydrogens (tertiary/aromatic N) is 3. The number of carbonyl (C=O) groups is 2. The van der Waals surface area contributed by atoms with Crippen LogP contribution in [-0.4, -0.2) is 52.4 Å². The normalized spacial score (nSPS) is 22.3. The third kappa shape index (κ3) is 4.39. The summed E-state index contributed by atoms with van der Waals surface area (Å²) in [4.78, 5) is 25.8. The molecule has 2 heterocycles. The molecule has 33 heavy (non-hydrogen) atoms. The summed E-state index contributed by atoms with van der Waals surface area (Å²) >= 11 is 0. The molecular formula is C22H24F3N5O3. The van der Waals surface area contributed by atoms with Crippen LogP contribution in [-0.2, 0) is 4.79 Å². The number of ether oxygens (including phenoxy) is 1. The largest absolute Gasteiger partial charge is 0.484 e. The fraction of sp³-hybridized carbons (Fsp3) is 0.409. The fourth-order valence-electron chi connectivity index (χ4n) is 4.74. The number of carbonyl (C=O) groups excluding carboxylic acids is 2. The molecule has 4 N–H and O–H groups in total. The van der Waals surface area contributed by atoms with E-state index in [1.54, 1.807) is 9.58 Å². The number of hydrogen-bond donors (Lipinski definition) is 2. The van der Waals surface area contributed by atoms with Gasteiger partial charge in [0.15, 0.2) is 6.61 Å². The van der Waals surface area contributed by atoms with E-state index in [0.717, 1.165) is 19.3 Å². The molecule has 4 rings (SSSR count). The van der Waals surface area contributed by atoms with Crippen LogP contribution in [0.3, 0.4) is 0 Å². The van der Waals surface area contributed by atoms with Crippen LogP contribution in [0.15, 0.2) is 36.9 Å². The predicted molar refractivity (Wildman–Crippen MR) is 114 cm³/mol. The molecule has 1 aliphatic carbocycles. The van der Waals surface area contributed by atoms with Crippen molar-refractivity contribution in [2.75, 3.05) is 25.4 Å². The van der Waals surface area contributed by atoms with Gasteiger partial charge in [0.1, 0.15) is 22.8 Å². The van der Waals surface area contributed by atoms with Crippen LogP contribution in [0.5, 0.6) is 5.75 Å². The quantitative estimate of drug-likeness (QED) is 0.639. The Balaban J connectivity index is 1.53. The predicted octanol–water partition coefficient (Wildman–Crippen LogP) is 2.91. The first-order chi connectivity index (χ1) is 15.5. The van der Waals surface area contributed by atoms with Gasteiger partial charge >= 0.3 is 6.18 Å². The van der Waals surface area contributed by atoms with Crippen molar-refractivity contribution in [3.8, 4) is 17.0 Å². The molecule has 2 aliphatic rings. The zero-order valence-corrected chi connectivity index (χ0v) is 17.8. The molecule has 0 atom stereocenters. The third-order valence-corrected chi connectivity index (χ3v) is 6.33. The Morgan fingerprint density at radius 2 is 1.94 bits per heavy atom. The van der Waals surface area contributed by atoms with Gasteiger partial charge in [-0.3, -0.25) is 9.59 Å². The number of primary amides is 1.